The van der Waals surface area contributed by atoms with E-state index in [2.05, 4.69) is 41.4 Å². The van der Waals surface area contributed by atoms with Crippen molar-refractivity contribution < 1.29 is 0 Å². The summed E-state index contributed by atoms with van der Waals surface area (Å²) in [7, 11) is 0. The van der Waals surface area contributed by atoms with Crippen LogP contribution in [0.1, 0.15) is 18.6 Å². The third-order valence-electron chi connectivity index (χ3n) is 2.96. The zero-order chi connectivity index (χ0) is 16.1. The van der Waals surface area contributed by atoms with Crippen LogP contribution in [0.15, 0.2) is 30.5 Å². The molecular weight excluding hydrogens is 296 g/mol. The van der Waals surface area contributed by atoms with E-state index in [-0.39, 0.29) is 11.4 Å². The van der Waals surface area contributed by atoms with Crippen LogP contribution in [0.3, 0.4) is 0 Å². The molecule has 0 atom stereocenters. The second kappa shape index (κ2) is 6.44. The standard InChI is InChI=1S/C13H12N10/c1-2-12-16-22-23(19-12)11-5-3-10(4-6-11)15-8-9(7-14)13-17-20-21-18-13/h3-6,8,15H,2H2,1H3,(H,17,18,20,21). The maximum absolute atomic E-state index is 9.09. The molecule has 2 heterocycles. The third-order valence-corrected chi connectivity index (χ3v) is 2.96. The number of nitrogens with zero attached hydrogens (tertiary/aromatic N) is 8. The molecule has 23 heavy (non-hydrogen) atoms. The highest BCUT2D eigenvalue weighted by atomic mass is 15.6. The zero-order valence-corrected chi connectivity index (χ0v) is 12.2. The summed E-state index contributed by atoms with van der Waals surface area (Å²) in [5.74, 6) is 0.921. The number of aromatic nitrogens is 8. The number of rotatable bonds is 5. The first-order valence-corrected chi connectivity index (χ1v) is 6.80. The molecule has 0 saturated heterocycles. The van der Waals surface area contributed by atoms with Crippen LogP contribution in [-0.2, 0) is 6.42 Å². The van der Waals surface area contributed by atoms with Crippen molar-refractivity contribution in [2.75, 3.05) is 5.32 Å². The number of hydrogen-bond acceptors (Lipinski definition) is 8. The van der Waals surface area contributed by atoms with Gasteiger partial charge in [-0.05, 0) is 34.7 Å². The second-order valence-electron chi connectivity index (χ2n) is 4.45. The minimum atomic E-state index is 0.232. The topological polar surface area (TPSA) is 134 Å². The molecule has 0 bridgehead atoms. The molecule has 0 aliphatic heterocycles. The highest BCUT2D eigenvalue weighted by Gasteiger charge is 2.06. The van der Waals surface area contributed by atoms with Gasteiger partial charge in [0, 0.05) is 18.3 Å². The van der Waals surface area contributed by atoms with Crippen LogP contribution in [0.5, 0.6) is 0 Å². The summed E-state index contributed by atoms with van der Waals surface area (Å²) in [5, 5.41) is 37.5. The molecule has 3 aromatic rings. The summed E-state index contributed by atoms with van der Waals surface area (Å²) in [6.07, 6.45) is 2.25. The summed E-state index contributed by atoms with van der Waals surface area (Å²) in [4.78, 5) is 1.47. The van der Waals surface area contributed by atoms with Crippen LogP contribution in [0.25, 0.3) is 11.3 Å². The number of H-pyrrole nitrogens is 1. The van der Waals surface area contributed by atoms with Crippen LogP contribution in [-0.4, -0.2) is 40.8 Å². The number of allylic oxidation sites excluding steroid dienone is 1. The number of tetrazole rings is 2. The smallest absolute Gasteiger partial charge is 0.216 e. The van der Waals surface area contributed by atoms with Gasteiger partial charge in [0.05, 0.1) is 5.69 Å². The monoisotopic (exact) mass is 308 g/mol. The van der Waals surface area contributed by atoms with Crippen LogP contribution in [0.2, 0.25) is 0 Å². The van der Waals surface area contributed by atoms with Crippen molar-refractivity contribution in [1.82, 2.24) is 40.8 Å². The lowest BCUT2D eigenvalue weighted by Gasteiger charge is -2.03. The Hall–Kier alpha value is -3.61. The molecule has 10 heteroatoms. The van der Waals surface area contributed by atoms with Gasteiger partial charge in [0.25, 0.3) is 0 Å². The van der Waals surface area contributed by atoms with Crippen molar-refractivity contribution in [3.63, 3.8) is 0 Å². The van der Waals surface area contributed by atoms with Gasteiger partial charge in [0.2, 0.25) is 5.82 Å². The third kappa shape index (κ3) is 3.18. The maximum Gasteiger partial charge on any atom is 0.216 e. The average Bonchev–Trinajstić information content (AvgIpc) is 3.28. The predicted molar refractivity (Wildman–Crippen MR) is 79.9 cm³/mol. The molecule has 0 saturated carbocycles. The van der Waals surface area contributed by atoms with Gasteiger partial charge in [-0.3, -0.25) is 0 Å². The molecule has 114 valence electrons. The number of nitriles is 1. The molecule has 0 fully saturated rings. The lowest BCUT2D eigenvalue weighted by molar-refractivity contribution is 0.718. The normalized spacial score (nSPS) is 11.2. The number of aryl methyl sites for hydroxylation is 1. The zero-order valence-electron chi connectivity index (χ0n) is 12.2. The Bertz CT molecular complexity index is 838. The van der Waals surface area contributed by atoms with Gasteiger partial charge in [0.1, 0.15) is 11.6 Å². The molecule has 0 amide bonds. The fraction of sp³-hybridized carbons (Fsp3) is 0.154. The van der Waals surface area contributed by atoms with Crippen LogP contribution in [0, 0.1) is 11.3 Å². The molecule has 3 rings (SSSR count). The Morgan fingerprint density at radius 1 is 1.35 bits per heavy atom. The van der Waals surface area contributed by atoms with Crippen molar-refractivity contribution >= 4 is 11.3 Å². The molecule has 2 N–H and O–H groups in total. The first-order chi connectivity index (χ1) is 11.3. The first kappa shape index (κ1) is 14.3. The van der Waals surface area contributed by atoms with Crippen LogP contribution in [0.4, 0.5) is 5.69 Å². The summed E-state index contributed by atoms with van der Waals surface area (Å²) < 4.78 is 0. The van der Waals surface area contributed by atoms with Crippen LogP contribution < -0.4 is 5.32 Å². The average molecular weight is 308 g/mol. The van der Waals surface area contributed by atoms with Gasteiger partial charge in [0.15, 0.2) is 5.82 Å². The van der Waals surface area contributed by atoms with Crippen molar-refractivity contribution in [1.29, 1.82) is 5.26 Å². The van der Waals surface area contributed by atoms with E-state index < -0.39 is 0 Å². The van der Waals surface area contributed by atoms with E-state index in [4.69, 9.17) is 5.26 Å². The lowest BCUT2D eigenvalue weighted by Crippen LogP contribution is -1.99. The van der Waals surface area contributed by atoms with Crippen molar-refractivity contribution in [2.24, 2.45) is 0 Å². The highest BCUT2D eigenvalue weighted by Crippen LogP contribution is 2.13. The minimum Gasteiger partial charge on any atom is -0.360 e. The summed E-state index contributed by atoms with van der Waals surface area (Å²) in [6, 6.07) is 9.37. The maximum atomic E-state index is 9.09. The van der Waals surface area contributed by atoms with Gasteiger partial charge in [-0.25, -0.2) is 0 Å². The second-order valence-corrected chi connectivity index (χ2v) is 4.45. The van der Waals surface area contributed by atoms with Crippen molar-refractivity contribution in [3.8, 4) is 11.8 Å². The van der Waals surface area contributed by atoms with Gasteiger partial charge in [-0.15, -0.1) is 25.2 Å². The number of hydrogen-bond donors (Lipinski definition) is 2. The molecule has 0 spiro atoms. The summed E-state index contributed by atoms with van der Waals surface area (Å²) >= 11 is 0. The van der Waals surface area contributed by atoms with Crippen LogP contribution >= 0.6 is 0 Å². The van der Waals surface area contributed by atoms with Gasteiger partial charge in [-0.2, -0.15) is 10.5 Å². The lowest BCUT2D eigenvalue weighted by atomic mass is 10.2. The first-order valence-electron chi connectivity index (χ1n) is 6.80. The minimum absolute atomic E-state index is 0.232. The van der Waals surface area contributed by atoms with E-state index in [1.165, 1.54) is 11.0 Å². The van der Waals surface area contributed by atoms with Crippen molar-refractivity contribution in [2.45, 2.75) is 13.3 Å². The van der Waals surface area contributed by atoms with E-state index in [1.54, 1.807) is 0 Å². The van der Waals surface area contributed by atoms with Gasteiger partial charge < -0.3 is 5.32 Å². The quantitative estimate of drug-likeness (QED) is 0.658. The Labute approximate surface area is 130 Å². The molecular formula is C13H12N10. The molecule has 0 aliphatic rings. The molecule has 2 aromatic heterocycles. The Kier molecular flexibility index (Phi) is 4.01. The Morgan fingerprint density at radius 3 is 2.78 bits per heavy atom. The molecule has 10 nitrogen and oxygen atoms in total. The molecule has 0 radical (unpaired) electrons. The van der Waals surface area contributed by atoms with E-state index >= 15 is 0 Å². The molecule has 0 aliphatic carbocycles. The van der Waals surface area contributed by atoms with E-state index in [1.807, 2.05) is 37.3 Å². The van der Waals surface area contributed by atoms with Gasteiger partial charge in [-0.1, -0.05) is 6.92 Å². The summed E-state index contributed by atoms with van der Waals surface area (Å²) in [6.45, 7) is 1.97. The number of nitrogens with one attached hydrogen (secondary N) is 2. The molecule has 1 aromatic carbocycles. The van der Waals surface area contributed by atoms with Gasteiger partial charge >= 0.3 is 0 Å². The van der Waals surface area contributed by atoms with E-state index in [0.717, 1.165) is 17.8 Å². The Morgan fingerprint density at radius 2 is 2.17 bits per heavy atom. The SMILES string of the molecule is CCc1nnn(-c2ccc(NC=C(C#N)c3nn[nH]n3)cc2)n1. The van der Waals surface area contributed by atoms with Crippen molar-refractivity contribution in [3.05, 3.63) is 42.1 Å². The van der Waals surface area contributed by atoms with E-state index in [0.29, 0.717) is 5.82 Å². The number of aromatic amines is 1. The fourth-order valence-corrected chi connectivity index (χ4v) is 1.76. The summed E-state index contributed by atoms with van der Waals surface area (Å²) in [5.41, 5.74) is 1.86. The highest BCUT2D eigenvalue weighted by molar-refractivity contribution is 5.74. The fourth-order valence-electron chi connectivity index (χ4n) is 1.76. The van der Waals surface area contributed by atoms with E-state index in [9.17, 15) is 0 Å². The number of benzene rings is 1. The number of anilines is 1. The predicted octanol–water partition coefficient (Wildman–Crippen LogP) is 0.714. The Balaban J connectivity index is 1.74. The largest absolute Gasteiger partial charge is 0.360 e. The molecule has 0 unspecified atom stereocenters.